The van der Waals surface area contributed by atoms with Gasteiger partial charge in [0, 0.05) is 48.7 Å². The van der Waals surface area contributed by atoms with Crippen molar-refractivity contribution >= 4 is 81.1 Å². The molecule has 0 aliphatic rings. The minimum Gasteiger partial charge on any atom is -0.309 e. The highest BCUT2D eigenvalue weighted by Crippen LogP contribution is 2.48. The molecular weight excluding hydrogens is 685 g/mol. The van der Waals surface area contributed by atoms with Crippen LogP contribution in [-0.4, -0.2) is 4.57 Å². The molecule has 0 fully saturated rings. The maximum Gasteiger partial charge on any atom is 0.0640 e. The van der Waals surface area contributed by atoms with Crippen molar-refractivity contribution in [2.75, 3.05) is 4.90 Å². The van der Waals surface area contributed by atoms with Crippen LogP contribution in [0.4, 0.5) is 17.1 Å². The minimum absolute atomic E-state index is 1.12. The van der Waals surface area contributed by atoms with Crippen LogP contribution in [0.15, 0.2) is 206 Å². The first-order chi connectivity index (χ1) is 27.3. The Balaban J connectivity index is 1.25. The summed E-state index contributed by atoms with van der Waals surface area (Å²) in [5.74, 6) is 0. The van der Waals surface area contributed by atoms with Crippen molar-refractivity contribution in [3.8, 4) is 27.9 Å². The van der Waals surface area contributed by atoms with Crippen LogP contribution in [-0.2, 0) is 0 Å². The Morgan fingerprint density at radius 2 is 1.07 bits per heavy atom. The van der Waals surface area contributed by atoms with Gasteiger partial charge in [-0.25, -0.2) is 0 Å². The highest BCUT2D eigenvalue weighted by molar-refractivity contribution is 7.26. The average Bonchev–Trinajstić information content (AvgIpc) is 3.81. The molecule has 0 amide bonds. The van der Waals surface area contributed by atoms with Gasteiger partial charge in [-0.05, 0) is 94.4 Å². The normalized spacial score (nSPS) is 11.6. The van der Waals surface area contributed by atoms with Crippen molar-refractivity contribution in [3.05, 3.63) is 206 Å². The van der Waals surface area contributed by atoms with Gasteiger partial charge in [0.2, 0.25) is 0 Å². The molecule has 0 aliphatic heterocycles. The maximum absolute atomic E-state index is 2.47. The van der Waals surface area contributed by atoms with E-state index in [0.717, 1.165) is 17.1 Å². The topological polar surface area (TPSA) is 8.17 Å². The Morgan fingerprint density at radius 1 is 0.418 bits per heavy atom. The van der Waals surface area contributed by atoms with Crippen LogP contribution in [0.5, 0.6) is 0 Å². The van der Waals surface area contributed by atoms with Crippen LogP contribution in [0, 0.1) is 0 Å². The van der Waals surface area contributed by atoms with E-state index in [-0.39, 0.29) is 0 Å². The third-order valence-electron chi connectivity index (χ3n) is 10.9. The van der Waals surface area contributed by atoms with Gasteiger partial charge in [-0.15, -0.1) is 11.3 Å². The molecule has 0 radical (unpaired) electrons. The molecule has 0 atom stereocenters. The Bertz CT molecular complexity index is 3200. The van der Waals surface area contributed by atoms with Crippen molar-refractivity contribution in [1.29, 1.82) is 0 Å². The van der Waals surface area contributed by atoms with E-state index in [1.807, 2.05) is 11.3 Å². The molecule has 9 aromatic carbocycles. The Morgan fingerprint density at radius 3 is 1.91 bits per heavy atom. The van der Waals surface area contributed by atoms with Gasteiger partial charge in [0.05, 0.1) is 21.4 Å². The minimum atomic E-state index is 1.12. The number of fused-ring (bicyclic) bond motifs is 8. The molecular formula is C52H34N2S. The number of hydrogen-bond acceptors (Lipinski definition) is 2. The highest BCUT2D eigenvalue weighted by Gasteiger charge is 2.23. The Hall–Kier alpha value is -6.94. The molecule has 0 saturated heterocycles. The van der Waals surface area contributed by atoms with Crippen LogP contribution >= 0.6 is 11.3 Å². The van der Waals surface area contributed by atoms with Crippen molar-refractivity contribution < 1.29 is 0 Å². The summed E-state index contributed by atoms with van der Waals surface area (Å²) in [6.07, 6.45) is 0. The monoisotopic (exact) mass is 718 g/mol. The third-order valence-corrected chi connectivity index (χ3v) is 12.1. The quantitative estimate of drug-likeness (QED) is 0.166. The van der Waals surface area contributed by atoms with Crippen LogP contribution in [0.1, 0.15) is 0 Å². The first-order valence-corrected chi connectivity index (χ1v) is 19.6. The van der Waals surface area contributed by atoms with Gasteiger partial charge in [0.25, 0.3) is 0 Å². The number of aromatic nitrogens is 1. The lowest BCUT2D eigenvalue weighted by atomic mass is 9.93. The Kier molecular flexibility index (Phi) is 7.39. The van der Waals surface area contributed by atoms with E-state index in [2.05, 4.69) is 216 Å². The number of nitrogens with zero attached hydrogens (tertiary/aromatic N) is 2. The van der Waals surface area contributed by atoms with E-state index in [1.165, 1.54) is 80.7 Å². The molecule has 55 heavy (non-hydrogen) atoms. The number of hydrogen-bond donors (Lipinski definition) is 0. The first kappa shape index (κ1) is 31.6. The second-order valence-electron chi connectivity index (χ2n) is 14.1. The number of anilines is 3. The lowest BCUT2D eigenvalue weighted by molar-refractivity contribution is 1.18. The summed E-state index contributed by atoms with van der Waals surface area (Å²) in [6.45, 7) is 0. The average molecular weight is 719 g/mol. The highest BCUT2D eigenvalue weighted by atomic mass is 32.1. The molecule has 11 rings (SSSR count). The van der Waals surface area contributed by atoms with Crippen molar-refractivity contribution in [2.24, 2.45) is 0 Å². The summed E-state index contributed by atoms with van der Waals surface area (Å²) in [6, 6.07) is 75.2. The fraction of sp³-hybridized carbons (Fsp3) is 0. The van der Waals surface area contributed by atoms with Gasteiger partial charge in [0.1, 0.15) is 0 Å². The molecule has 3 heteroatoms. The largest absolute Gasteiger partial charge is 0.309 e. The predicted octanol–water partition coefficient (Wildman–Crippen LogP) is 15.1. The van der Waals surface area contributed by atoms with Crippen LogP contribution < -0.4 is 4.90 Å². The zero-order valence-electron chi connectivity index (χ0n) is 29.9. The van der Waals surface area contributed by atoms with Crippen molar-refractivity contribution in [3.63, 3.8) is 0 Å². The van der Waals surface area contributed by atoms with Crippen LogP contribution in [0.3, 0.4) is 0 Å². The molecule has 0 bridgehead atoms. The molecule has 0 spiro atoms. The Labute approximate surface area is 323 Å². The summed E-state index contributed by atoms with van der Waals surface area (Å²) in [5, 5.41) is 7.50. The first-order valence-electron chi connectivity index (χ1n) is 18.8. The zero-order valence-corrected chi connectivity index (χ0v) is 30.7. The molecule has 2 aromatic heterocycles. The van der Waals surface area contributed by atoms with Crippen LogP contribution in [0.25, 0.3) is 80.7 Å². The third kappa shape index (κ3) is 5.16. The zero-order chi connectivity index (χ0) is 36.3. The lowest BCUT2D eigenvalue weighted by Gasteiger charge is -2.26. The van der Waals surface area contributed by atoms with E-state index >= 15 is 0 Å². The molecule has 2 heterocycles. The molecule has 0 unspecified atom stereocenters. The van der Waals surface area contributed by atoms with Gasteiger partial charge in [-0.3, -0.25) is 0 Å². The number of rotatable bonds is 6. The van der Waals surface area contributed by atoms with E-state index in [0.29, 0.717) is 0 Å². The van der Waals surface area contributed by atoms with E-state index in [4.69, 9.17) is 0 Å². The van der Waals surface area contributed by atoms with Crippen LogP contribution in [0.2, 0.25) is 0 Å². The number of benzene rings is 9. The van der Waals surface area contributed by atoms with Gasteiger partial charge in [0.15, 0.2) is 0 Å². The van der Waals surface area contributed by atoms with E-state index in [9.17, 15) is 0 Å². The second-order valence-corrected chi connectivity index (χ2v) is 15.2. The van der Waals surface area contributed by atoms with Crippen molar-refractivity contribution in [1.82, 2.24) is 4.57 Å². The number of thiophene rings is 1. The maximum atomic E-state index is 2.47. The molecule has 11 aromatic rings. The van der Waals surface area contributed by atoms with E-state index in [1.54, 1.807) is 0 Å². The van der Waals surface area contributed by atoms with Gasteiger partial charge < -0.3 is 9.47 Å². The lowest BCUT2D eigenvalue weighted by Crippen LogP contribution is -2.10. The smallest absolute Gasteiger partial charge is 0.0640 e. The fourth-order valence-electron chi connectivity index (χ4n) is 8.49. The molecule has 0 aliphatic carbocycles. The molecule has 0 saturated carbocycles. The fourth-order valence-corrected chi connectivity index (χ4v) is 9.70. The molecule has 258 valence electrons. The molecule has 0 N–H and O–H groups in total. The summed E-state index contributed by atoms with van der Waals surface area (Å²) in [4.78, 5) is 2.44. The van der Waals surface area contributed by atoms with Gasteiger partial charge in [-0.2, -0.15) is 0 Å². The van der Waals surface area contributed by atoms with E-state index < -0.39 is 0 Å². The van der Waals surface area contributed by atoms with Gasteiger partial charge in [-0.1, -0.05) is 140 Å². The standard InChI is InChI=1S/C52H34N2S/c1-4-16-35(17-5-1)36-19-14-20-37(32-36)45-33-38-18-10-11-25-42(38)51-50(45)46-34-41(30-31-47(46)54(51)40-23-8-3-9-24-40)53(39-21-6-2-7-22-39)48-28-15-27-44-43-26-12-13-29-49(43)55-52(44)48/h1-34H. The summed E-state index contributed by atoms with van der Waals surface area (Å²) in [7, 11) is 0. The summed E-state index contributed by atoms with van der Waals surface area (Å²) >= 11 is 1.87. The SMILES string of the molecule is c1ccc(-c2cccc(-c3cc4ccccc4c4c3c3cc(N(c5ccccc5)c5cccc6c5sc5ccccc56)ccc3n4-c3ccccc3)c2)cc1. The van der Waals surface area contributed by atoms with Gasteiger partial charge >= 0.3 is 0 Å². The second kappa shape index (κ2) is 12.9. The number of para-hydroxylation sites is 2. The summed E-state index contributed by atoms with van der Waals surface area (Å²) in [5.41, 5.74) is 11.8. The molecule has 2 nitrogen and oxygen atoms in total. The van der Waals surface area contributed by atoms with Crippen molar-refractivity contribution in [2.45, 2.75) is 0 Å². The summed E-state index contributed by atoms with van der Waals surface area (Å²) < 4.78 is 5.05. The predicted molar refractivity (Wildman–Crippen MR) is 237 cm³/mol.